The van der Waals surface area contributed by atoms with E-state index in [9.17, 15) is 0 Å². The van der Waals surface area contributed by atoms with Crippen LogP contribution in [0, 0.1) is 0 Å². The van der Waals surface area contributed by atoms with Gasteiger partial charge >= 0.3 is 0 Å². The van der Waals surface area contributed by atoms with Crippen molar-refractivity contribution in [2.75, 3.05) is 14.2 Å². The molecule has 3 aromatic carbocycles. The minimum atomic E-state index is -0.949. The van der Waals surface area contributed by atoms with Crippen molar-refractivity contribution in [3.8, 4) is 23.0 Å². The van der Waals surface area contributed by atoms with Crippen LogP contribution < -0.4 is 18.9 Å². The first-order valence-electron chi connectivity index (χ1n) is 8.09. The lowest BCUT2D eigenvalue weighted by atomic mass is 9.96. The van der Waals surface area contributed by atoms with Gasteiger partial charge in [0.1, 0.15) is 23.0 Å². The molecule has 2 aliphatic heterocycles. The number of rotatable bonds is 2. The molecule has 25 heavy (non-hydrogen) atoms. The van der Waals surface area contributed by atoms with Crippen molar-refractivity contribution in [2.45, 2.75) is 5.79 Å². The van der Waals surface area contributed by atoms with Crippen molar-refractivity contribution in [3.63, 3.8) is 0 Å². The Bertz CT molecular complexity index is 1040. The lowest BCUT2D eigenvalue weighted by Gasteiger charge is -2.31. The van der Waals surface area contributed by atoms with Crippen molar-refractivity contribution in [2.24, 2.45) is 0 Å². The van der Waals surface area contributed by atoms with E-state index >= 15 is 0 Å². The molecule has 0 N–H and O–H groups in total. The van der Waals surface area contributed by atoms with Crippen LogP contribution in [0.5, 0.6) is 23.0 Å². The monoisotopic (exact) mass is 332 g/mol. The predicted molar refractivity (Wildman–Crippen MR) is 95.5 cm³/mol. The van der Waals surface area contributed by atoms with Crippen LogP contribution in [0.2, 0.25) is 0 Å². The quantitative estimate of drug-likeness (QED) is 0.692. The van der Waals surface area contributed by atoms with E-state index in [0.717, 1.165) is 44.9 Å². The highest BCUT2D eigenvalue weighted by Gasteiger charge is 2.44. The summed E-state index contributed by atoms with van der Waals surface area (Å²) in [5, 5.41) is 2.05. The normalized spacial score (nSPS) is 19.4. The first-order chi connectivity index (χ1) is 12.2. The van der Waals surface area contributed by atoms with E-state index in [1.54, 1.807) is 14.2 Å². The third kappa shape index (κ3) is 1.88. The maximum absolute atomic E-state index is 6.32. The second-order valence-electron chi connectivity index (χ2n) is 6.10. The van der Waals surface area contributed by atoms with E-state index in [0.29, 0.717) is 0 Å². The second kappa shape index (κ2) is 4.93. The zero-order valence-corrected chi connectivity index (χ0v) is 13.9. The molecule has 0 amide bonds. The summed E-state index contributed by atoms with van der Waals surface area (Å²) in [7, 11) is 3.33. The molecular weight excluding hydrogens is 316 g/mol. The average molecular weight is 332 g/mol. The highest BCUT2D eigenvalue weighted by molar-refractivity contribution is 5.98. The Hall–Kier alpha value is -3.14. The lowest BCUT2D eigenvalue weighted by Crippen LogP contribution is -2.36. The second-order valence-corrected chi connectivity index (χ2v) is 6.10. The van der Waals surface area contributed by atoms with Gasteiger partial charge in [0.15, 0.2) is 0 Å². The summed E-state index contributed by atoms with van der Waals surface area (Å²) in [5.74, 6) is 2.24. The van der Waals surface area contributed by atoms with E-state index < -0.39 is 5.79 Å². The highest BCUT2D eigenvalue weighted by Crippen LogP contribution is 2.50. The van der Waals surface area contributed by atoms with Gasteiger partial charge in [0.25, 0.3) is 5.79 Å². The molecule has 0 fully saturated rings. The molecule has 1 spiro atoms. The number of ether oxygens (including phenoxy) is 4. The summed E-state index contributed by atoms with van der Waals surface area (Å²) < 4.78 is 23.4. The Kier molecular flexibility index (Phi) is 2.80. The van der Waals surface area contributed by atoms with Crippen molar-refractivity contribution in [1.29, 1.82) is 0 Å². The molecular formula is C21H16O4. The van der Waals surface area contributed by atoms with Crippen LogP contribution in [0.4, 0.5) is 0 Å². The van der Waals surface area contributed by atoms with Crippen molar-refractivity contribution < 1.29 is 18.9 Å². The Labute approximate surface area is 145 Å². The molecule has 3 aromatic rings. The largest absolute Gasteiger partial charge is 0.497 e. The number of benzene rings is 3. The number of methoxy groups -OCH3 is 2. The van der Waals surface area contributed by atoms with Gasteiger partial charge in [0.05, 0.1) is 19.8 Å². The molecule has 0 aliphatic carbocycles. The van der Waals surface area contributed by atoms with Gasteiger partial charge in [-0.2, -0.15) is 0 Å². The van der Waals surface area contributed by atoms with Crippen molar-refractivity contribution in [1.82, 2.24) is 0 Å². The van der Waals surface area contributed by atoms with Crippen LogP contribution in [-0.4, -0.2) is 14.2 Å². The molecule has 1 unspecified atom stereocenters. The van der Waals surface area contributed by atoms with Gasteiger partial charge in [-0.15, -0.1) is 0 Å². The Morgan fingerprint density at radius 1 is 0.880 bits per heavy atom. The maximum atomic E-state index is 6.32. The minimum Gasteiger partial charge on any atom is -0.497 e. The molecule has 0 aromatic heterocycles. The first kappa shape index (κ1) is 14.2. The van der Waals surface area contributed by atoms with Crippen molar-refractivity contribution >= 4 is 16.8 Å². The Balaban J connectivity index is 1.69. The van der Waals surface area contributed by atoms with Crippen LogP contribution in [0.25, 0.3) is 16.8 Å². The van der Waals surface area contributed by atoms with Gasteiger partial charge in [-0.05, 0) is 42.5 Å². The van der Waals surface area contributed by atoms with Gasteiger partial charge < -0.3 is 18.9 Å². The number of fused-ring (bicyclic) bond motifs is 2. The summed E-state index contributed by atoms with van der Waals surface area (Å²) in [5.41, 5.74) is 1.95. The summed E-state index contributed by atoms with van der Waals surface area (Å²) in [6, 6.07) is 15.7. The molecule has 1 atom stereocenters. The molecule has 2 aliphatic rings. The maximum Gasteiger partial charge on any atom is 0.299 e. The average Bonchev–Trinajstić information content (AvgIpc) is 2.96. The lowest BCUT2D eigenvalue weighted by molar-refractivity contribution is -0.0685. The van der Waals surface area contributed by atoms with Crippen LogP contribution in [0.1, 0.15) is 11.1 Å². The van der Waals surface area contributed by atoms with Crippen LogP contribution >= 0.6 is 0 Å². The van der Waals surface area contributed by atoms with Gasteiger partial charge in [-0.25, -0.2) is 0 Å². The standard InChI is InChI=1S/C21H16O4/c1-22-14-6-8-17-13(12-14)10-11-21(24-17)16-7-9-18(23-2)15-4-3-5-19(25-21)20(15)16/h3-12H,1-2H3. The fourth-order valence-electron chi connectivity index (χ4n) is 3.59. The fraction of sp³-hybridized carbons (Fsp3) is 0.143. The molecule has 124 valence electrons. The first-order valence-corrected chi connectivity index (χ1v) is 8.09. The zero-order valence-electron chi connectivity index (χ0n) is 13.9. The van der Waals surface area contributed by atoms with E-state index in [1.165, 1.54) is 0 Å². The van der Waals surface area contributed by atoms with E-state index in [4.69, 9.17) is 18.9 Å². The predicted octanol–water partition coefficient (Wildman–Crippen LogP) is 4.51. The van der Waals surface area contributed by atoms with Gasteiger partial charge in [0.2, 0.25) is 0 Å². The Morgan fingerprint density at radius 2 is 1.76 bits per heavy atom. The third-order valence-corrected chi connectivity index (χ3v) is 4.78. The van der Waals surface area contributed by atoms with E-state index in [-0.39, 0.29) is 0 Å². The SMILES string of the molecule is COc1ccc2c(c1)C=CC1(O2)Oc2cccc3c(OC)ccc1c23. The van der Waals surface area contributed by atoms with Crippen LogP contribution in [0.15, 0.2) is 54.6 Å². The van der Waals surface area contributed by atoms with Crippen molar-refractivity contribution in [3.05, 3.63) is 65.7 Å². The van der Waals surface area contributed by atoms with Crippen LogP contribution in [-0.2, 0) is 5.79 Å². The summed E-state index contributed by atoms with van der Waals surface area (Å²) in [4.78, 5) is 0. The summed E-state index contributed by atoms with van der Waals surface area (Å²) in [6.45, 7) is 0. The zero-order chi connectivity index (χ0) is 17.0. The third-order valence-electron chi connectivity index (χ3n) is 4.78. The summed E-state index contributed by atoms with van der Waals surface area (Å²) >= 11 is 0. The molecule has 0 saturated heterocycles. The van der Waals surface area contributed by atoms with Gasteiger partial charge in [0, 0.05) is 22.4 Å². The van der Waals surface area contributed by atoms with Gasteiger partial charge in [-0.1, -0.05) is 12.1 Å². The molecule has 4 heteroatoms. The van der Waals surface area contributed by atoms with Crippen LogP contribution in [0.3, 0.4) is 0 Å². The van der Waals surface area contributed by atoms with E-state index in [2.05, 4.69) is 0 Å². The topological polar surface area (TPSA) is 36.9 Å². The van der Waals surface area contributed by atoms with Gasteiger partial charge in [-0.3, -0.25) is 0 Å². The Morgan fingerprint density at radius 3 is 2.60 bits per heavy atom. The fourth-order valence-corrected chi connectivity index (χ4v) is 3.59. The minimum absolute atomic E-state index is 0.764. The summed E-state index contributed by atoms with van der Waals surface area (Å²) in [6.07, 6.45) is 3.97. The molecule has 2 heterocycles. The molecule has 0 saturated carbocycles. The highest BCUT2D eigenvalue weighted by atomic mass is 16.7. The number of hydrogen-bond donors (Lipinski definition) is 0. The number of hydrogen-bond acceptors (Lipinski definition) is 4. The smallest absolute Gasteiger partial charge is 0.299 e. The molecule has 4 nitrogen and oxygen atoms in total. The molecule has 0 radical (unpaired) electrons. The molecule has 5 rings (SSSR count). The molecule has 0 bridgehead atoms. The van der Waals surface area contributed by atoms with E-state index in [1.807, 2.05) is 60.7 Å².